The Labute approximate surface area is 233 Å². The molecule has 1 atom stereocenters. The number of carbonyl (C=O) groups excluding carboxylic acids is 2. The van der Waals surface area contributed by atoms with Crippen LogP contribution in [0, 0.1) is 0 Å². The van der Waals surface area contributed by atoms with E-state index in [0.29, 0.717) is 22.9 Å². The molecule has 0 bridgehead atoms. The lowest BCUT2D eigenvalue weighted by Gasteiger charge is -2.32. The third-order valence-corrected chi connectivity index (χ3v) is 6.89. The van der Waals surface area contributed by atoms with Crippen LogP contribution in [0.5, 0.6) is 11.5 Å². The van der Waals surface area contributed by atoms with E-state index in [9.17, 15) is 9.59 Å². The van der Waals surface area contributed by atoms with E-state index in [0.717, 1.165) is 22.3 Å². The Hall–Kier alpha value is -4.29. The SMILES string of the molecule is O=C(NCc1ccc2c(c1)OCO2)[C@H](c1ccccc1)N(Cc1ccc(Cl)cc1)C(=O)CCc1ccccc1. The van der Waals surface area contributed by atoms with Crippen molar-refractivity contribution in [1.29, 1.82) is 0 Å². The number of amides is 2. The van der Waals surface area contributed by atoms with Crippen molar-refractivity contribution in [1.82, 2.24) is 10.2 Å². The number of halogens is 1. The van der Waals surface area contributed by atoms with Crippen LogP contribution in [-0.4, -0.2) is 23.5 Å². The van der Waals surface area contributed by atoms with Crippen molar-refractivity contribution in [3.8, 4) is 11.5 Å². The summed E-state index contributed by atoms with van der Waals surface area (Å²) >= 11 is 6.11. The van der Waals surface area contributed by atoms with Crippen LogP contribution in [0.1, 0.15) is 34.7 Å². The molecular formula is C32H29ClN2O4. The molecule has 4 aromatic rings. The van der Waals surface area contributed by atoms with Crippen molar-refractivity contribution in [2.45, 2.75) is 32.0 Å². The van der Waals surface area contributed by atoms with Crippen molar-refractivity contribution >= 4 is 23.4 Å². The number of aryl methyl sites for hydroxylation is 1. The van der Waals surface area contributed by atoms with E-state index < -0.39 is 6.04 Å². The van der Waals surface area contributed by atoms with Crippen molar-refractivity contribution in [3.05, 3.63) is 130 Å². The van der Waals surface area contributed by atoms with E-state index in [1.54, 1.807) is 17.0 Å². The second-order valence-electron chi connectivity index (χ2n) is 9.35. The van der Waals surface area contributed by atoms with Crippen LogP contribution in [0.25, 0.3) is 0 Å². The topological polar surface area (TPSA) is 67.9 Å². The van der Waals surface area contributed by atoms with Gasteiger partial charge in [-0.1, -0.05) is 90.5 Å². The zero-order valence-electron chi connectivity index (χ0n) is 21.4. The van der Waals surface area contributed by atoms with Gasteiger partial charge in [-0.3, -0.25) is 9.59 Å². The number of rotatable bonds is 10. The lowest BCUT2D eigenvalue weighted by Crippen LogP contribution is -2.43. The van der Waals surface area contributed by atoms with Gasteiger partial charge in [0.1, 0.15) is 6.04 Å². The maximum absolute atomic E-state index is 13.8. The zero-order chi connectivity index (χ0) is 27.0. The number of carbonyl (C=O) groups is 2. The van der Waals surface area contributed by atoms with Crippen LogP contribution < -0.4 is 14.8 Å². The van der Waals surface area contributed by atoms with Crippen molar-refractivity contribution < 1.29 is 19.1 Å². The maximum atomic E-state index is 13.8. The predicted molar refractivity (Wildman–Crippen MR) is 150 cm³/mol. The van der Waals surface area contributed by atoms with Gasteiger partial charge in [0.05, 0.1) is 0 Å². The average molecular weight is 541 g/mol. The van der Waals surface area contributed by atoms with E-state index in [4.69, 9.17) is 21.1 Å². The first-order chi connectivity index (χ1) is 19.1. The molecule has 4 aromatic carbocycles. The molecule has 39 heavy (non-hydrogen) atoms. The van der Waals surface area contributed by atoms with E-state index in [-0.39, 0.29) is 38.1 Å². The summed E-state index contributed by atoms with van der Waals surface area (Å²) in [6.07, 6.45) is 0.855. The van der Waals surface area contributed by atoms with Gasteiger partial charge in [-0.25, -0.2) is 0 Å². The van der Waals surface area contributed by atoms with E-state index in [2.05, 4.69) is 5.32 Å². The molecule has 0 aliphatic carbocycles. The van der Waals surface area contributed by atoms with E-state index >= 15 is 0 Å². The van der Waals surface area contributed by atoms with Gasteiger partial charge in [0.2, 0.25) is 18.6 Å². The smallest absolute Gasteiger partial charge is 0.247 e. The highest BCUT2D eigenvalue weighted by Crippen LogP contribution is 2.32. The van der Waals surface area contributed by atoms with Gasteiger partial charge in [-0.05, 0) is 52.9 Å². The number of fused-ring (bicyclic) bond motifs is 1. The molecule has 0 unspecified atom stereocenters. The summed E-state index contributed by atoms with van der Waals surface area (Å²) in [5.74, 6) is 0.967. The van der Waals surface area contributed by atoms with Gasteiger partial charge in [0.25, 0.3) is 0 Å². The number of hydrogen-bond acceptors (Lipinski definition) is 4. The number of nitrogens with zero attached hydrogens (tertiary/aromatic N) is 1. The highest BCUT2D eigenvalue weighted by Gasteiger charge is 2.31. The third kappa shape index (κ3) is 6.78. The lowest BCUT2D eigenvalue weighted by molar-refractivity contribution is -0.141. The average Bonchev–Trinajstić information content (AvgIpc) is 3.45. The fourth-order valence-corrected chi connectivity index (χ4v) is 4.72. The summed E-state index contributed by atoms with van der Waals surface area (Å²) in [7, 11) is 0. The number of nitrogens with one attached hydrogen (secondary N) is 1. The molecule has 2 amide bonds. The quantitative estimate of drug-likeness (QED) is 0.264. The molecule has 1 heterocycles. The van der Waals surface area contributed by atoms with Gasteiger partial charge in [0.15, 0.2) is 11.5 Å². The first kappa shape index (κ1) is 26.3. The first-order valence-electron chi connectivity index (χ1n) is 12.9. The van der Waals surface area contributed by atoms with Gasteiger partial charge >= 0.3 is 0 Å². The fourth-order valence-electron chi connectivity index (χ4n) is 4.59. The minimum atomic E-state index is -0.820. The maximum Gasteiger partial charge on any atom is 0.247 e. The highest BCUT2D eigenvalue weighted by molar-refractivity contribution is 6.30. The number of hydrogen-bond donors (Lipinski definition) is 1. The molecule has 0 saturated heterocycles. The Morgan fingerprint density at radius 3 is 2.21 bits per heavy atom. The molecular weight excluding hydrogens is 512 g/mol. The molecule has 0 aromatic heterocycles. The van der Waals surface area contributed by atoms with Crippen LogP contribution >= 0.6 is 11.6 Å². The third-order valence-electron chi connectivity index (χ3n) is 6.64. The summed E-state index contributed by atoms with van der Waals surface area (Å²) in [6, 6.07) is 31.4. The standard InChI is InChI=1S/C32H29ClN2O4/c33-27-15-11-24(12-16-27)21-35(30(36)18-14-23-7-3-1-4-8-23)31(26-9-5-2-6-10-26)32(37)34-20-25-13-17-28-29(19-25)39-22-38-28/h1-13,15-17,19,31H,14,18,20-22H2,(H,34,37)/t31-/m0/s1. The Morgan fingerprint density at radius 1 is 0.795 bits per heavy atom. The fraction of sp³-hybridized carbons (Fsp3) is 0.188. The second kappa shape index (κ2) is 12.5. The lowest BCUT2D eigenvalue weighted by atomic mass is 10.0. The van der Waals surface area contributed by atoms with E-state index in [1.165, 1.54) is 0 Å². The van der Waals surface area contributed by atoms with Crippen LogP contribution in [0.2, 0.25) is 5.02 Å². The largest absolute Gasteiger partial charge is 0.454 e. The highest BCUT2D eigenvalue weighted by atomic mass is 35.5. The Bertz CT molecular complexity index is 1410. The monoisotopic (exact) mass is 540 g/mol. The van der Waals surface area contributed by atoms with Gasteiger partial charge in [-0.15, -0.1) is 0 Å². The molecule has 1 N–H and O–H groups in total. The van der Waals surface area contributed by atoms with Gasteiger partial charge in [0, 0.05) is 24.5 Å². The van der Waals surface area contributed by atoms with Crippen LogP contribution in [0.15, 0.2) is 103 Å². The zero-order valence-corrected chi connectivity index (χ0v) is 22.1. The predicted octanol–water partition coefficient (Wildman–Crippen LogP) is 6.09. The van der Waals surface area contributed by atoms with Crippen LogP contribution in [-0.2, 0) is 29.1 Å². The molecule has 0 fully saturated rings. The normalized spacial score (nSPS) is 12.5. The molecule has 0 spiro atoms. The van der Waals surface area contributed by atoms with E-state index in [1.807, 2.05) is 91.0 Å². The Morgan fingerprint density at radius 2 is 1.46 bits per heavy atom. The molecule has 5 rings (SSSR count). The summed E-state index contributed by atoms with van der Waals surface area (Å²) in [6.45, 7) is 0.736. The first-order valence-corrected chi connectivity index (χ1v) is 13.2. The van der Waals surface area contributed by atoms with Crippen molar-refractivity contribution in [2.24, 2.45) is 0 Å². The Kier molecular flexibility index (Phi) is 8.44. The molecule has 7 heteroatoms. The summed E-state index contributed by atoms with van der Waals surface area (Å²) < 4.78 is 10.9. The summed E-state index contributed by atoms with van der Waals surface area (Å²) in [5.41, 5.74) is 3.57. The van der Waals surface area contributed by atoms with Gasteiger partial charge in [-0.2, -0.15) is 0 Å². The summed E-state index contributed by atoms with van der Waals surface area (Å²) in [4.78, 5) is 29.3. The number of ether oxygens (including phenoxy) is 2. The van der Waals surface area contributed by atoms with Gasteiger partial charge < -0.3 is 19.7 Å². The molecule has 1 aliphatic rings. The molecule has 0 saturated carbocycles. The Balaban J connectivity index is 1.41. The van der Waals surface area contributed by atoms with Crippen molar-refractivity contribution in [3.63, 3.8) is 0 Å². The van der Waals surface area contributed by atoms with Crippen molar-refractivity contribution in [2.75, 3.05) is 6.79 Å². The molecule has 198 valence electrons. The molecule has 0 radical (unpaired) electrons. The van der Waals surface area contributed by atoms with Crippen LogP contribution in [0.4, 0.5) is 0 Å². The molecule has 6 nitrogen and oxygen atoms in total. The van der Waals surface area contributed by atoms with Crippen LogP contribution in [0.3, 0.4) is 0 Å². The summed E-state index contributed by atoms with van der Waals surface area (Å²) in [5, 5.41) is 3.66. The number of benzene rings is 4. The minimum Gasteiger partial charge on any atom is -0.454 e. The molecule has 1 aliphatic heterocycles. The second-order valence-corrected chi connectivity index (χ2v) is 9.79. The minimum absolute atomic E-state index is 0.110.